The van der Waals surface area contributed by atoms with E-state index in [-0.39, 0.29) is 5.41 Å². The molecule has 0 atom stereocenters. The number of pyridine rings is 1. The number of methoxy groups -OCH3 is 1. The van der Waals surface area contributed by atoms with E-state index in [1.165, 1.54) is 11.8 Å². The van der Waals surface area contributed by atoms with Crippen LogP contribution in [0, 0.1) is 0 Å². The molecule has 2 aromatic rings. The van der Waals surface area contributed by atoms with Gasteiger partial charge >= 0.3 is 6.09 Å². The summed E-state index contributed by atoms with van der Waals surface area (Å²) < 4.78 is 6.52. The summed E-state index contributed by atoms with van der Waals surface area (Å²) in [4.78, 5) is 15.0. The monoisotopic (exact) mass is 290 g/mol. The van der Waals surface area contributed by atoms with Crippen LogP contribution in [0.2, 0.25) is 0 Å². The number of hydrogen-bond donors (Lipinski definition) is 2. The van der Waals surface area contributed by atoms with Gasteiger partial charge in [0.05, 0.1) is 24.7 Å². The molecule has 0 radical (unpaired) electrons. The van der Waals surface area contributed by atoms with Crippen molar-refractivity contribution in [1.29, 1.82) is 0 Å². The Morgan fingerprint density at radius 2 is 2.10 bits per heavy atom. The number of ether oxygens (including phenoxy) is 1. The van der Waals surface area contributed by atoms with Crippen molar-refractivity contribution in [3.05, 3.63) is 30.1 Å². The van der Waals surface area contributed by atoms with Crippen LogP contribution in [0.3, 0.4) is 0 Å². The highest BCUT2D eigenvalue weighted by Crippen LogP contribution is 2.26. The van der Waals surface area contributed by atoms with Crippen molar-refractivity contribution in [1.82, 2.24) is 14.8 Å². The van der Waals surface area contributed by atoms with Crippen molar-refractivity contribution in [2.24, 2.45) is 0 Å². The normalized spacial score (nSPS) is 11.2. The van der Waals surface area contributed by atoms with E-state index in [1.54, 1.807) is 24.4 Å². The SMILES string of the molecule is COc1ccc(-n2nc(C(C)(C)C)cc2NC(=O)O)cn1. The number of nitrogens with one attached hydrogen (secondary N) is 1. The molecule has 7 heteroatoms. The standard InChI is InChI=1S/C14H18N4O3/c1-14(2,3)10-7-11(16-13(19)20)18(17-10)9-5-6-12(21-4)15-8-9/h5-8,16H,1-4H3,(H,19,20). The fraction of sp³-hybridized carbons (Fsp3) is 0.357. The third-order valence-electron chi connectivity index (χ3n) is 2.89. The zero-order chi connectivity index (χ0) is 15.6. The number of rotatable bonds is 3. The van der Waals surface area contributed by atoms with Gasteiger partial charge in [0.1, 0.15) is 5.82 Å². The molecule has 0 spiro atoms. The molecule has 2 rings (SSSR count). The first-order valence-corrected chi connectivity index (χ1v) is 6.42. The summed E-state index contributed by atoms with van der Waals surface area (Å²) in [6, 6.07) is 5.18. The van der Waals surface area contributed by atoms with Crippen molar-refractivity contribution in [2.45, 2.75) is 26.2 Å². The molecule has 2 heterocycles. The Bertz CT molecular complexity index is 641. The summed E-state index contributed by atoms with van der Waals surface area (Å²) in [7, 11) is 1.53. The molecule has 0 saturated heterocycles. The van der Waals surface area contributed by atoms with Gasteiger partial charge in [-0.05, 0) is 6.07 Å². The van der Waals surface area contributed by atoms with Crippen LogP contribution in [0.1, 0.15) is 26.5 Å². The van der Waals surface area contributed by atoms with E-state index >= 15 is 0 Å². The minimum Gasteiger partial charge on any atom is -0.481 e. The van der Waals surface area contributed by atoms with Crippen LogP contribution in [0.5, 0.6) is 5.88 Å². The van der Waals surface area contributed by atoms with Crippen LogP contribution in [0.4, 0.5) is 10.6 Å². The zero-order valence-corrected chi connectivity index (χ0v) is 12.4. The fourth-order valence-corrected chi connectivity index (χ4v) is 1.76. The van der Waals surface area contributed by atoms with E-state index in [1.807, 2.05) is 20.8 Å². The molecule has 0 bridgehead atoms. The Hall–Kier alpha value is -2.57. The Balaban J connectivity index is 2.48. The molecule has 0 saturated carbocycles. The minimum atomic E-state index is -1.14. The van der Waals surface area contributed by atoms with E-state index in [9.17, 15) is 4.79 Å². The van der Waals surface area contributed by atoms with E-state index < -0.39 is 6.09 Å². The highest BCUT2D eigenvalue weighted by molar-refractivity contribution is 5.82. The van der Waals surface area contributed by atoms with Crippen molar-refractivity contribution in [2.75, 3.05) is 12.4 Å². The third kappa shape index (κ3) is 3.31. The smallest absolute Gasteiger partial charge is 0.410 e. The maximum Gasteiger partial charge on any atom is 0.410 e. The molecule has 1 amide bonds. The predicted molar refractivity (Wildman–Crippen MR) is 78.3 cm³/mol. The molecular formula is C14H18N4O3. The summed E-state index contributed by atoms with van der Waals surface area (Å²) in [5.41, 5.74) is 1.23. The number of carboxylic acid groups (broad SMARTS) is 1. The summed E-state index contributed by atoms with van der Waals surface area (Å²) in [5, 5.41) is 15.8. The van der Waals surface area contributed by atoms with Crippen molar-refractivity contribution in [3.8, 4) is 11.6 Å². The van der Waals surface area contributed by atoms with Gasteiger partial charge in [-0.2, -0.15) is 5.10 Å². The lowest BCUT2D eigenvalue weighted by Crippen LogP contribution is -2.13. The van der Waals surface area contributed by atoms with E-state index in [2.05, 4.69) is 15.4 Å². The van der Waals surface area contributed by atoms with Gasteiger partial charge in [0, 0.05) is 17.5 Å². The molecule has 0 aromatic carbocycles. The number of amides is 1. The fourth-order valence-electron chi connectivity index (χ4n) is 1.76. The van der Waals surface area contributed by atoms with Crippen LogP contribution < -0.4 is 10.1 Å². The van der Waals surface area contributed by atoms with Crippen LogP contribution in [0.25, 0.3) is 5.69 Å². The first-order chi connectivity index (χ1) is 9.81. The first-order valence-electron chi connectivity index (χ1n) is 6.42. The molecule has 2 N–H and O–H groups in total. The topological polar surface area (TPSA) is 89.3 Å². The van der Waals surface area contributed by atoms with E-state index in [0.29, 0.717) is 17.4 Å². The van der Waals surface area contributed by atoms with Gasteiger partial charge in [0.15, 0.2) is 0 Å². The number of anilines is 1. The second kappa shape index (κ2) is 5.43. The van der Waals surface area contributed by atoms with Crippen molar-refractivity contribution < 1.29 is 14.6 Å². The molecule has 0 unspecified atom stereocenters. The number of carbonyl (C=O) groups is 1. The number of hydrogen-bond acceptors (Lipinski definition) is 4. The van der Waals surface area contributed by atoms with Gasteiger partial charge in [-0.3, -0.25) is 5.32 Å². The van der Waals surface area contributed by atoms with Crippen LogP contribution >= 0.6 is 0 Å². The molecule has 0 fully saturated rings. The van der Waals surface area contributed by atoms with E-state index in [0.717, 1.165) is 5.69 Å². The Labute approximate surface area is 122 Å². The zero-order valence-electron chi connectivity index (χ0n) is 12.4. The third-order valence-corrected chi connectivity index (χ3v) is 2.89. The Morgan fingerprint density at radius 1 is 1.38 bits per heavy atom. The van der Waals surface area contributed by atoms with Crippen LogP contribution in [-0.4, -0.2) is 33.1 Å². The lowest BCUT2D eigenvalue weighted by Gasteiger charge is -2.14. The first kappa shape index (κ1) is 14.8. The second-order valence-electron chi connectivity index (χ2n) is 5.57. The summed E-state index contributed by atoms with van der Waals surface area (Å²) in [5.74, 6) is 0.856. The molecule has 0 aliphatic heterocycles. The molecule has 0 aliphatic carbocycles. The largest absolute Gasteiger partial charge is 0.481 e. The van der Waals surface area contributed by atoms with Crippen LogP contribution in [-0.2, 0) is 5.41 Å². The number of nitrogens with zero attached hydrogens (tertiary/aromatic N) is 3. The van der Waals surface area contributed by atoms with Crippen LogP contribution in [0.15, 0.2) is 24.4 Å². The average molecular weight is 290 g/mol. The quantitative estimate of drug-likeness (QED) is 0.907. The second-order valence-corrected chi connectivity index (χ2v) is 5.57. The van der Waals surface area contributed by atoms with Gasteiger partial charge in [0.25, 0.3) is 0 Å². The van der Waals surface area contributed by atoms with Crippen molar-refractivity contribution >= 4 is 11.9 Å². The van der Waals surface area contributed by atoms with Gasteiger partial charge in [-0.1, -0.05) is 20.8 Å². The van der Waals surface area contributed by atoms with Gasteiger partial charge in [-0.25, -0.2) is 14.5 Å². The lowest BCUT2D eigenvalue weighted by atomic mass is 9.92. The lowest BCUT2D eigenvalue weighted by molar-refractivity contribution is 0.209. The maximum atomic E-state index is 10.9. The molecule has 21 heavy (non-hydrogen) atoms. The van der Waals surface area contributed by atoms with Gasteiger partial charge < -0.3 is 9.84 Å². The molecule has 7 nitrogen and oxygen atoms in total. The number of aromatic nitrogens is 3. The molecule has 112 valence electrons. The van der Waals surface area contributed by atoms with Crippen molar-refractivity contribution in [3.63, 3.8) is 0 Å². The molecular weight excluding hydrogens is 272 g/mol. The highest BCUT2D eigenvalue weighted by atomic mass is 16.5. The predicted octanol–water partition coefficient (Wildman–Crippen LogP) is 2.66. The summed E-state index contributed by atoms with van der Waals surface area (Å²) in [6.45, 7) is 6.03. The van der Waals surface area contributed by atoms with E-state index in [4.69, 9.17) is 9.84 Å². The molecule has 0 aliphatic rings. The van der Waals surface area contributed by atoms with Gasteiger partial charge in [-0.15, -0.1) is 0 Å². The Kier molecular flexibility index (Phi) is 3.84. The maximum absolute atomic E-state index is 10.9. The molecule has 2 aromatic heterocycles. The average Bonchev–Trinajstić information content (AvgIpc) is 2.82. The Morgan fingerprint density at radius 3 is 2.57 bits per heavy atom. The van der Waals surface area contributed by atoms with Gasteiger partial charge in [0.2, 0.25) is 5.88 Å². The highest BCUT2D eigenvalue weighted by Gasteiger charge is 2.21. The minimum absolute atomic E-state index is 0.194. The summed E-state index contributed by atoms with van der Waals surface area (Å²) in [6.07, 6.45) is 0.434. The summed E-state index contributed by atoms with van der Waals surface area (Å²) >= 11 is 0.